The Morgan fingerprint density at radius 1 is 1.21 bits per heavy atom. The van der Waals surface area contributed by atoms with Gasteiger partial charge in [-0.2, -0.15) is 4.57 Å². The van der Waals surface area contributed by atoms with E-state index < -0.39 is 5.37 Å². The third-order valence-electron chi connectivity index (χ3n) is 3.41. The minimum absolute atomic E-state index is 0.159. The molecule has 1 unspecified atom stereocenters. The summed E-state index contributed by atoms with van der Waals surface area (Å²) >= 11 is 4.59. The number of rotatable bonds is 3. The van der Waals surface area contributed by atoms with Crippen molar-refractivity contribution in [1.29, 1.82) is 0 Å². The van der Waals surface area contributed by atoms with E-state index in [-0.39, 0.29) is 11.8 Å². The lowest BCUT2D eigenvalue weighted by Gasteiger charge is -2.05. The SMILES string of the molecule is Cc1cc[n+](C2SC(=C(Br)C(=O)Nc3ccccc3)NC2=O)cc1. The summed E-state index contributed by atoms with van der Waals surface area (Å²) < 4.78 is 2.12. The molecule has 0 spiro atoms. The Kier molecular flexibility index (Phi) is 5.01. The van der Waals surface area contributed by atoms with Crippen molar-refractivity contribution in [2.24, 2.45) is 0 Å². The molecule has 3 rings (SSSR count). The monoisotopic (exact) mass is 404 g/mol. The molecule has 2 N–H and O–H groups in total. The summed E-state index contributed by atoms with van der Waals surface area (Å²) in [6.07, 6.45) is 3.71. The summed E-state index contributed by atoms with van der Waals surface area (Å²) in [5.41, 5.74) is 1.81. The van der Waals surface area contributed by atoms with Crippen molar-refractivity contribution in [3.63, 3.8) is 0 Å². The van der Waals surface area contributed by atoms with Gasteiger partial charge in [-0.05, 0) is 52.3 Å². The molecule has 1 atom stereocenters. The zero-order valence-electron chi connectivity index (χ0n) is 12.8. The van der Waals surface area contributed by atoms with Crippen LogP contribution in [0.1, 0.15) is 10.9 Å². The predicted molar refractivity (Wildman–Crippen MR) is 97.2 cm³/mol. The third kappa shape index (κ3) is 3.68. The number of halogens is 1. The maximum atomic E-state index is 12.3. The van der Waals surface area contributed by atoms with Crippen LogP contribution in [0.5, 0.6) is 0 Å². The van der Waals surface area contributed by atoms with E-state index in [0.717, 1.165) is 5.56 Å². The van der Waals surface area contributed by atoms with Gasteiger partial charge >= 0.3 is 5.91 Å². The highest BCUT2D eigenvalue weighted by Crippen LogP contribution is 2.35. The number of benzene rings is 1. The van der Waals surface area contributed by atoms with Gasteiger partial charge < -0.3 is 10.6 Å². The zero-order valence-corrected chi connectivity index (χ0v) is 15.2. The molecule has 122 valence electrons. The highest BCUT2D eigenvalue weighted by molar-refractivity contribution is 9.12. The van der Waals surface area contributed by atoms with Crippen LogP contribution in [0.4, 0.5) is 5.69 Å². The van der Waals surface area contributed by atoms with Crippen molar-refractivity contribution in [3.05, 3.63) is 69.9 Å². The summed E-state index contributed by atoms with van der Waals surface area (Å²) in [7, 11) is 0. The molecule has 0 radical (unpaired) electrons. The fourth-order valence-corrected chi connectivity index (χ4v) is 3.64. The molecule has 7 heteroatoms. The number of amides is 2. The standard InChI is InChI=1S/C17H14BrN3O2S/c1-11-7-9-21(10-8-11)17-15(23)20-16(24-17)13(18)14(22)19-12-5-3-2-4-6-12/h2-10,17H,1H3,(H-,19,20,22,23)/p+1. The molecule has 5 nitrogen and oxygen atoms in total. The highest BCUT2D eigenvalue weighted by atomic mass is 79.9. The Labute approximate surface area is 152 Å². The normalized spacial score (nSPS) is 18.9. The van der Waals surface area contributed by atoms with Crippen LogP contribution in [-0.4, -0.2) is 11.8 Å². The molecule has 2 heterocycles. The Balaban J connectivity index is 1.76. The number of hydrogen-bond donors (Lipinski definition) is 2. The van der Waals surface area contributed by atoms with Crippen LogP contribution in [0.15, 0.2) is 64.4 Å². The molecule has 2 amide bonds. The Morgan fingerprint density at radius 2 is 1.88 bits per heavy atom. The number of carbonyl (C=O) groups is 2. The second-order valence-corrected chi connectivity index (χ2v) is 7.13. The van der Waals surface area contributed by atoms with E-state index in [4.69, 9.17) is 0 Å². The number of anilines is 1. The first-order valence-electron chi connectivity index (χ1n) is 7.26. The van der Waals surface area contributed by atoms with E-state index >= 15 is 0 Å². The summed E-state index contributed by atoms with van der Waals surface area (Å²) in [5, 5.41) is 5.61. The highest BCUT2D eigenvalue weighted by Gasteiger charge is 2.38. The molecule has 0 saturated carbocycles. The largest absolute Gasteiger partial charge is 0.321 e. The van der Waals surface area contributed by atoms with Gasteiger partial charge in [0, 0.05) is 17.8 Å². The van der Waals surface area contributed by atoms with Gasteiger partial charge in [0.2, 0.25) is 0 Å². The summed E-state index contributed by atoms with van der Waals surface area (Å²) in [5.74, 6) is -0.466. The van der Waals surface area contributed by atoms with E-state index in [9.17, 15) is 9.59 Å². The van der Waals surface area contributed by atoms with Gasteiger partial charge in [-0.3, -0.25) is 9.59 Å². The van der Waals surface area contributed by atoms with Crippen LogP contribution in [0.2, 0.25) is 0 Å². The molecular weight excluding hydrogens is 390 g/mol. The maximum absolute atomic E-state index is 12.3. The van der Waals surface area contributed by atoms with Crippen LogP contribution in [0.3, 0.4) is 0 Å². The molecule has 1 aromatic carbocycles. The van der Waals surface area contributed by atoms with E-state index in [2.05, 4.69) is 26.6 Å². The second-order valence-electron chi connectivity index (χ2n) is 5.25. The Morgan fingerprint density at radius 3 is 2.54 bits per heavy atom. The minimum Gasteiger partial charge on any atom is -0.321 e. The van der Waals surface area contributed by atoms with Gasteiger partial charge in [-0.1, -0.05) is 18.2 Å². The van der Waals surface area contributed by atoms with Crippen molar-refractivity contribution >= 4 is 45.2 Å². The van der Waals surface area contributed by atoms with Gasteiger partial charge in [-0.25, -0.2) is 0 Å². The molecule has 1 saturated heterocycles. The van der Waals surface area contributed by atoms with Crippen molar-refractivity contribution in [3.8, 4) is 0 Å². The molecule has 1 aromatic heterocycles. The van der Waals surface area contributed by atoms with E-state index in [1.165, 1.54) is 11.8 Å². The van der Waals surface area contributed by atoms with Gasteiger partial charge in [0.25, 0.3) is 11.3 Å². The first-order chi connectivity index (χ1) is 11.5. The number of pyridine rings is 1. The summed E-state index contributed by atoms with van der Waals surface area (Å²) in [6, 6.07) is 13.0. The first-order valence-corrected chi connectivity index (χ1v) is 8.93. The van der Waals surface area contributed by atoms with Gasteiger partial charge in [0.15, 0.2) is 12.4 Å². The first kappa shape index (κ1) is 16.7. The topological polar surface area (TPSA) is 62.1 Å². The fourth-order valence-electron chi connectivity index (χ4n) is 2.15. The van der Waals surface area contributed by atoms with Gasteiger partial charge in [0.05, 0.1) is 0 Å². The summed E-state index contributed by atoms with van der Waals surface area (Å²) in [4.78, 5) is 24.5. The lowest BCUT2D eigenvalue weighted by Crippen LogP contribution is -2.41. The average Bonchev–Trinajstić information content (AvgIpc) is 2.97. The lowest BCUT2D eigenvalue weighted by atomic mass is 10.3. The van der Waals surface area contributed by atoms with E-state index in [1.54, 1.807) is 12.1 Å². The fraction of sp³-hybridized carbons (Fsp3) is 0.118. The third-order valence-corrected chi connectivity index (χ3v) is 5.65. The molecule has 0 bridgehead atoms. The molecular formula is C17H15BrN3O2S+. The smallest absolute Gasteiger partial charge is 0.305 e. The number of aromatic nitrogens is 1. The number of hydrogen-bond acceptors (Lipinski definition) is 3. The van der Waals surface area contributed by atoms with E-state index in [0.29, 0.717) is 15.2 Å². The molecule has 24 heavy (non-hydrogen) atoms. The molecule has 0 aliphatic carbocycles. The lowest BCUT2D eigenvalue weighted by molar-refractivity contribution is -0.686. The number of thioether (sulfide) groups is 1. The number of para-hydroxylation sites is 1. The van der Waals surface area contributed by atoms with Crippen LogP contribution >= 0.6 is 27.7 Å². The van der Waals surface area contributed by atoms with Crippen LogP contribution < -0.4 is 15.2 Å². The second kappa shape index (κ2) is 7.19. The number of aryl methyl sites for hydroxylation is 1. The Bertz CT molecular complexity index is 806. The van der Waals surface area contributed by atoms with Crippen LogP contribution in [0, 0.1) is 6.92 Å². The summed E-state index contributed by atoms with van der Waals surface area (Å²) in [6.45, 7) is 1.99. The van der Waals surface area contributed by atoms with Crippen molar-refractivity contribution < 1.29 is 14.2 Å². The van der Waals surface area contributed by atoms with E-state index in [1.807, 2.05) is 54.2 Å². The minimum atomic E-state index is -0.433. The number of nitrogens with one attached hydrogen (secondary N) is 2. The van der Waals surface area contributed by atoms with Crippen LogP contribution in [-0.2, 0) is 9.59 Å². The molecule has 1 aliphatic heterocycles. The quantitative estimate of drug-likeness (QED) is 0.610. The predicted octanol–water partition coefficient (Wildman–Crippen LogP) is 2.85. The van der Waals surface area contributed by atoms with Crippen molar-refractivity contribution in [2.75, 3.05) is 5.32 Å². The van der Waals surface area contributed by atoms with Crippen LogP contribution in [0.25, 0.3) is 0 Å². The molecule has 2 aromatic rings. The molecule has 1 aliphatic rings. The zero-order chi connectivity index (χ0) is 17.1. The number of carbonyl (C=O) groups excluding carboxylic acids is 2. The average molecular weight is 405 g/mol. The maximum Gasteiger partial charge on any atom is 0.305 e. The number of nitrogens with zero attached hydrogens (tertiary/aromatic N) is 1. The van der Waals surface area contributed by atoms with Crippen molar-refractivity contribution in [2.45, 2.75) is 12.3 Å². The molecule has 1 fully saturated rings. The van der Waals surface area contributed by atoms with Crippen molar-refractivity contribution in [1.82, 2.24) is 5.32 Å². The van der Waals surface area contributed by atoms with Gasteiger partial charge in [-0.15, -0.1) is 0 Å². The van der Waals surface area contributed by atoms with Gasteiger partial charge in [0.1, 0.15) is 9.51 Å². The Hall–Kier alpha value is -2.12.